The van der Waals surface area contributed by atoms with Crippen LogP contribution in [0.3, 0.4) is 0 Å². The summed E-state index contributed by atoms with van der Waals surface area (Å²) < 4.78 is 14.1. The number of rotatable bonds is 3. The van der Waals surface area contributed by atoms with Gasteiger partial charge in [0.2, 0.25) is 0 Å². The van der Waals surface area contributed by atoms with Gasteiger partial charge in [-0.3, -0.25) is 4.21 Å². The molecular weight excluding hydrogens is 202 g/mol. The third-order valence-electron chi connectivity index (χ3n) is 1.73. The Hall–Kier alpha value is -0.480. The van der Waals surface area contributed by atoms with Crippen molar-refractivity contribution in [3.8, 4) is 0 Å². The van der Waals surface area contributed by atoms with E-state index in [2.05, 4.69) is 0 Å². The van der Waals surface area contributed by atoms with Crippen molar-refractivity contribution in [3.05, 3.63) is 28.3 Å². The summed E-state index contributed by atoms with van der Waals surface area (Å²) in [5.41, 5.74) is 1.08. The van der Waals surface area contributed by atoms with Crippen molar-refractivity contribution in [1.29, 1.82) is 0 Å². The summed E-state index contributed by atoms with van der Waals surface area (Å²) in [4.78, 5) is 0. The Balaban J connectivity index is 2.98. The van der Waals surface area contributed by atoms with Gasteiger partial charge >= 0.3 is 0 Å². The molecule has 0 N–H and O–H groups in total. The molecule has 1 aromatic rings. The Morgan fingerprint density at radius 1 is 1.69 bits per heavy atom. The zero-order chi connectivity index (χ0) is 9.84. The molecule has 0 aliphatic carbocycles. The number of aryl methyl sites for hydroxylation is 1. The van der Waals surface area contributed by atoms with Crippen LogP contribution >= 0.6 is 11.8 Å². The van der Waals surface area contributed by atoms with Crippen molar-refractivity contribution in [1.82, 2.24) is 4.57 Å². The lowest BCUT2D eigenvalue weighted by atomic mass is 10.4. The molecular formula is C9H13NOS2. The molecule has 0 radical (unpaired) electrons. The standard InChI is InChI=1S/C9H13NOS2/c1-10-6-4-5-8(10)7-9(12-2)13(3)11/h4-7H,1-3H3/b9-7+. The highest BCUT2D eigenvalue weighted by Gasteiger charge is 2.01. The summed E-state index contributed by atoms with van der Waals surface area (Å²) >= 11 is 1.53. The van der Waals surface area contributed by atoms with Gasteiger partial charge in [0, 0.05) is 25.2 Å². The van der Waals surface area contributed by atoms with Crippen LogP contribution in [-0.2, 0) is 17.8 Å². The molecule has 2 nitrogen and oxygen atoms in total. The maximum atomic E-state index is 11.2. The predicted octanol–water partition coefficient (Wildman–Crippen LogP) is 2.06. The molecule has 0 saturated carbocycles. The molecule has 0 aromatic carbocycles. The Kier molecular flexibility index (Phi) is 3.81. The lowest BCUT2D eigenvalue weighted by Crippen LogP contribution is -1.91. The van der Waals surface area contributed by atoms with Crippen LogP contribution in [0.1, 0.15) is 5.69 Å². The van der Waals surface area contributed by atoms with Crippen LogP contribution in [0.4, 0.5) is 0 Å². The van der Waals surface area contributed by atoms with E-state index in [-0.39, 0.29) is 0 Å². The van der Waals surface area contributed by atoms with Crippen LogP contribution in [-0.4, -0.2) is 21.3 Å². The molecule has 72 valence electrons. The van der Waals surface area contributed by atoms with Crippen LogP contribution in [0.5, 0.6) is 0 Å². The van der Waals surface area contributed by atoms with E-state index >= 15 is 0 Å². The molecule has 1 unspecified atom stereocenters. The van der Waals surface area contributed by atoms with Gasteiger partial charge in [0.15, 0.2) is 0 Å². The molecule has 0 fully saturated rings. The van der Waals surface area contributed by atoms with E-state index in [9.17, 15) is 4.21 Å². The fourth-order valence-corrected chi connectivity index (χ4v) is 2.47. The third-order valence-corrected chi connectivity index (χ3v) is 4.14. The smallest absolute Gasteiger partial charge is 0.0731 e. The SMILES string of the molecule is CS/C(=C\c1cccn1C)S(C)=O. The molecule has 13 heavy (non-hydrogen) atoms. The maximum Gasteiger partial charge on any atom is 0.0731 e. The Morgan fingerprint density at radius 3 is 2.77 bits per heavy atom. The van der Waals surface area contributed by atoms with Gasteiger partial charge in [0.1, 0.15) is 0 Å². The first kappa shape index (κ1) is 10.6. The van der Waals surface area contributed by atoms with Crippen molar-refractivity contribution < 1.29 is 4.21 Å². The van der Waals surface area contributed by atoms with Gasteiger partial charge in [-0.15, -0.1) is 11.8 Å². The van der Waals surface area contributed by atoms with Gasteiger partial charge in [0.25, 0.3) is 0 Å². The fourth-order valence-electron chi connectivity index (χ4n) is 1.00. The molecule has 0 amide bonds. The van der Waals surface area contributed by atoms with E-state index in [0.29, 0.717) is 0 Å². The number of hydrogen-bond acceptors (Lipinski definition) is 2. The monoisotopic (exact) mass is 215 g/mol. The van der Waals surface area contributed by atoms with Crippen molar-refractivity contribution in [2.24, 2.45) is 7.05 Å². The minimum absolute atomic E-state index is 0.886. The van der Waals surface area contributed by atoms with Gasteiger partial charge in [0.05, 0.1) is 15.0 Å². The highest BCUT2D eigenvalue weighted by Crippen LogP contribution is 2.18. The van der Waals surface area contributed by atoms with E-state index < -0.39 is 10.8 Å². The molecule has 1 heterocycles. The lowest BCUT2D eigenvalue weighted by molar-refractivity contribution is 0.691. The van der Waals surface area contributed by atoms with E-state index in [4.69, 9.17) is 0 Å². The molecule has 0 bridgehead atoms. The van der Waals surface area contributed by atoms with Crippen LogP contribution in [0.25, 0.3) is 6.08 Å². The van der Waals surface area contributed by atoms with Crippen LogP contribution in [0.15, 0.2) is 22.6 Å². The molecule has 0 spiro atoms. The predicted molar refractivity (Wildman–Crippen MR) is 61.0 cm³/mol. The Morgan fingerprint density at radius 2 is 2.38 bits per heavy atom. The molecule has 0 aliphatic heterocycles. The minimum atomic E-state index is -0.886. The molecule has 4 heteroatoms. The number of thioether (sulfide) groups is 1. The summed E-state index contributed by atoms with van der Waals surface area (Å²) in [6.07, 6.45) is 7.57. The highest BCUT2D eigenvalue weighted by atomic mass is 32.2. The first-order valence-electron chi connectivity index (χ1n) is 3.85. The average Bonchev–Trinajstić information content (AvgIpc) is 2.46. The van der Waals surface area contributed by atoms with Gasteiger partial charge in [-0.1, -0.05) is 0 Å². The van der Waals surface area contributed by atoms with Crippen molar-refractivity contribution >= 4 is 28.6 Å². The normalized spacial score (nSPS) is 14.5. The second-order valence-corrected chi connectivity index (χ2v) is 5.12. The van der Waals surface area contributed by atoms with Gasteiger partial charge in [-0.2, -0.15) is 0 Å². The molecule has 0 saturated heterocycles. The first-order chi connectivity index (χ1) is 6.15. The number of aromatic nitrogens is 1. The Bertz CT molecular complexity index is 341. The van der Waals surface area contributed by atoms with E-state index in [1.54, 1.807) is 6.26 Å². The van der Waals surface area contributed by atoms with E-state index in [1.165, 1.54) is 11.8 Å². The zero-order valence-electron chi connectivity index (χ0n) is 7.98. The largest absolute Gasteiger partial charge is 0.351 e. The van der Waals surface area contributed by atoms with Gasteiger partial charge < -0.3 is 4.57 Å². The van der Waals surface area contributed by atoms with Crippen LogP contribution in [0.2, 0.25) is 0 Å². The molecule has 1 atom stereocenters. The van der Waals surface area contributed by atoms with Gasteiger partial charge in [-0.05, 0) is 24.5 Å². The van der Waals surface area contributed by atoms with Crippen molar-refractivity contribution in [3.63, 3.8) is 0 Å². The lowest BCUT2D eigenvalue weighted by Gasteiger charge is -2.00. The summed E-state index contributed by atoms with van der Waals surface area (Å²) in [6, 6.07) is 3.98. The molecule has 1 aromatic heterocycles. The van der Waals surface area contributed by atoms with Gasteiger partial charge in [-0.25, -0.2) is 0 Å². The summed E-state index contributed by atoms with van der Waals surface area (Å²) in [5, 5.41) is 0. The number of nitrogens with zero attached hydrogens (tertiary/aromatic N) is 1. The zero-order valence-corrected chi connectivity index (χ0v) is 9.61. The highest BCUT2D eigenvalue weighted by molar-refractivity contribution is 8.16. The second kappa shape index (κ2) is 4.67. The third kappa shape index (κ3) is 2.74. The molecule has 0 aliphatic rings. The summed E-state index contributed by atoms with van der Waals surface area (Å²) in [7, 11) is 1.09. The summed E-state index contributed by atoms with van der Waals surface area (Å²) in [6.45, 7) is 0. The molecule has 1 rings (SSSR count). The van der Waals surface area contributed by atoms with Crippen LogP contribution < -0.4 is 0 Å². The maximum absolute atomic E-state index is 11.2. The average molecular weight is 215 g/mol. The van der Waals surface area contributed by atoms with E-state index in [1.807, 2.05) is 42.3 Å². The Labute approximate surface area is 85.5 Å². The quantitative estimate of drug-likeness (QED) is 0.770. The van der Waals surface area contributed by atoms with Crippen molar-refractivity contribution in [2.45, 2.75) is 0 Å². The number of hydrogen-bond donors (Lipinski definition) is 0. The van der Waals surface area contributed by atoms with Crippen molar-refractivity contribution in [2.75, 3.05) is 12.5 Å². The first-order valence-corrected chi connectivity index (χ1v) is 6.64. The fraction of sp³-hybridized carbons (Fsp3) is 0.333. The minimum Gasteiger partial charge on any atom is -0.351 e. The van der Waals surface area contributed by atoms with Crippen LogP contribution in [0, 0.1) is 0 Å². The second-order valence-electron chi connectivity index (χ2n) is 2.67. The topological polar surface area (TPSA) is 22.0 Å². The van der Waals surface area contributed by atoms with E-state index in [0.717, 1.165) is 9.93 Å². The summed E-state index contributed by atoms with van der Waals surface area (Å²) in [5.74, 6) is 0.